The maximum atomic E-state index is 14.0. The van der Waals surface area contributed by atoms with Gasteiger partial charge in [0.2, 0.25) is 10.0 Å². The minimum Gasteiger partial charge on any atom is -0.487 e. The third kappa shape index (κ3) is 9.36. The standard InChI is InChI=1S/C46H55ClN2O6SSi/c1-46(2,3)57(39-15-6-4-7-16-39,40-17-8-5-9-18-40)55-30-33-13-12-19-43(50)41-24-21-36(41)29-49-26-11-10-14-34-27-38(47)23-20-37(34)31-54-44-25-22-35(28-42(44)49)45(51)48-56(52,53)32-33/h4-9,12,15-20,22-23,25,27-28,33,36,41,43,50H,10-11,13-14,21,24,26,29-32H2,1-3H3,(H,48,51)/b19-12+/t33-,36+,41-,43-/m1/s1. The van der Waals surface area contributed by atoms with Crippen LogP contribution in [-0.4, -0.2) is 59.3 Å². The number of carbonyl (C=O) groups excluding carboxylic acids is 1. The zero-order valence-corrected chi connectivity index (χ0v) is 35.8. The van der Waals surface area contributed by atoms with Gasteiger partial charge >= 0.3 is 0 Å². The number of anilines is 1. The minimum atomic E-state index is -4.13. The number of benzene rings is 4. The fraction of sp³-hybridized carbons (Fsp3) is 0.413. The third-order valence-electron chi connectivity index (χ3n) is 12.1. The molecule has 57 heavy (non-hydrogen) atoms. The molecule has 1 amide bonds. The predicted molar refractivity (Wildman–Crippen MR) is 232 cm³/mol. The van der Waals surface area contributed by atoms with E-state index in [1.807, 2.05) is 66.7 Å². The molecule has 4 aromatic carbocycles. The first kappa shape index (κ1) is 41.2. The van der Waals surface area contributed by atoms with Crippen LogP contribution in [0.1, 0.15) is 74.4 Å². The highest BCUT2D eigenvalue weighted by Gasteiger charge is 2.50. The normalized spacial score (nSPS) is 23.7. The van der Waals surface area contributed by atoms with Crippen LogP contribution in [-0.2, 0) is 27.5 Å². The van der Waals surface area contributed by atoms with Gasteiger partial charge in [0.15, 0.2) is 0 Å². The van der Waals surface area contributed by atoms with Crippen LogP contribution in [0.15, 0.2) is 109 Å². The number of rotatable bonds is 5. The van der Waals surface area contributed by atoms with Gasteiger partial charge in [-0.2, -0.15) is 0 Å². The third-order valence-corrected chi connectivity index (χ3v) is 18.7. The van der Waals surface area contributed by atoms with Gasteiger partial charge in [-0.05, 0) is 107 Å². The second kappa shape index (κ2) is 17.5. The molecule has 0 radical (unpaired) electrons. The first-order valence-electron chi connectivity index (χ1n) is 20.3. The Morgan fingerprint density at radius 3 is 2.32 bits per heavy atom. The monoisotopic (exact) mass is 826 g/mol. The van der Waals surface area contributed by atoms with Crippen LogP contribution in [0, 0.1) is 17.8 Å². The Kier molecular flexibility index (Phi) is 12.7. The highest BCUT2D eigenvalue weighted by Crippen LogP contribution is 2.41. The van der Waals surface area contributed by atoms with E-state index in [9.17, 15) is 18.3 Å². The summed E-state index contributed by atoms with van der Waals surface area (Å²) in [4.78, 5) is 16.2. The Morgan fingerprint density at radius 1 is 0.930 bits per heavy atom. The van der Waals surface area contributed by atoms with E-state index in [0.29, 0.717) is 30.3 Å². The van der Waals surface area contributed by atoms with Crippen LogP contribution in [0.2, 0.25) is 10.1 Å². The fourth-order valence-electron chi connectivity index (χ4n) is 8.93. The Labute approximate surface area is 344 Å². The molecule has 4 atom stereocenters. The lowest BCUT2D eigenvalue weighted by atomic mass is 9.70. The molecule has 3 aliphatic rings. The Balaban J connectivity index is 1.21. The summed E-state index contributed by atoms with van der Waals surface area (Å²) in [6.07, 6.45) is 8.04. The summed E-state index contributed by atoms with van der Waals surface area (Å²) in [6, 6.07) is 31.6. The predicted octanol–water partition coefficient (Wildman–Crippen LogP) is 7.66. The largest absolute Gasteiger partial charge is 0.487 e. The van der Waals surface area contributed by atoms with E-state index in [0.717, 1.165) is 65.8 Å². The topological polar surface area (TPSA) is 105 Å². The van der Waals surface area contributed by atoms with Gasteiger partial charge in [0.05, 0.1) is 17.5 Å². The van der Waals surface area contributed by atoms with E-state index in [-0.39, 0.29) is 34.8 Å². The van der Waals surface area contributed by atoms with Crippen molar-refractivity contribution < 1.29 is 27.5 Å². The van der Waals surface area contributed by atoms with E-state index in [1.165, 1.54) is 0 Å². The summed E-state index contributed by atoms with van der Waals surface area (Å²) in [5, 5.41) is 14.2. The molecule has 7 rings (SSSR count). The fourth-order valence-corrected chi connectivity index (χ4v) is 15.1. The van der Waals surface area contributed by atoms with Crippen molar-refractivity contribution in [1.82, 2.24) is 4.72 Å². The number of hydrogen-bond acceptors (Lipinski definition) is 7. The maximum absolute atomic E-state index is 14.0. The van der Waals surface area contributed by atoms with Crippen LogP contribution < -0.4 is 24.7 Å². The summed E-state index contributed by atoms with van der Waals surface area (Å²) in [6.45, 7) is 8.45. The quantitative estimate of drug-likeness (QED) is 0.157. The van der Waals surface area contributed by atoms with Gasteiger partial charge in [-0.1, -0.05) is 111 Å². The van der Waals surface area contributed by atoms with Gasteiger partial charge in [-0.3, -0.25) is 4.79 Å². The van der Waals surface area contributed by atoms with Crippen molar-refractivity contribution in [1.29, 1.82) is 0 Å². The molecule has 2 bridgehead atoms. The van der Waals surface area contributed by atoms with Crippen molar-refractivity contribution >= 4 is 51.9 Å². The van der Waals surface area contributed by atoms with Gasteiger partial charge < -0.3 is 19.2 Å². The molecule has 11 heteroatoms. The number of ether oxygens (including phenoxy) is 1. The molecule has 2 N–H and O–H groups in total. The van der Waals surface area contributed by atoms with E-state index in [2.05, 4.69) is 54.7 Å². The molecule has 0 spiro atoms. The van der Waals surface area contributed by atoms with E-state index >= 15 is 0 Å². The number of aliphatic hydroxyl groups is 1. The zero-order chi connectivity index (χ0) is 40.2. The Bertz CT molecular complexity index is 2120. The zero-order valence-electron chi connectivity index (χ0n) is 33.2. The second-order valence-corrected chi connectivity index (χ2v) is 23.5. The molecule has 0 unspecified atom stereocenters. The van der Waals surface area contributed by atoms with E-state index < -0.39 is 36.3 Å². The number of allylic oxidation sites excluding steroid dienone is 1. The number of nitrogens with one attached hydrogen (secondary N) is 1. The molecule has 0 saturated heterocycles. The molecule has 0 aromatic heterocycles. The number of aryl methyl sites for hydroxylation is 1. The molecule has 1 aliphatic carbocycles. The molecular formula is C46H55ClN2O6SSi. The molecule has 2 heterocycles. The molecule has 1 fully saturated rings. The van der Waals surface area contributed by atoms with Crippen molar-refractivity contribution in [2.45, 2.75) is 77.0 Å². The van der Waals surface area contributed by atoms with Crippen LogP contribution in [0.5, 0.6) is 5.75 Å². The lowest BCUT2D eigenvalue weighted by Gasteiger charge is -2.43. The first-order chi connectivity index (χ1) is 27.3. The number of nitrogens with zero attached hydrogens (tertiary/aromatic N) is 1. The molecular weight excluding hydrogens is 772 g/mol. The second-order valence-electron chi connectivity index (χ2n) is 17.0. The van der Waals surface area contributed by atoms with Crippen molar-refractivity contribution in [3.8, 4) is 5.75 Å². The minimum absolute atomic E-state index is 0.0603. The van der Waals surface area contributed by atoms with Crippen LogP contribution in [0.4, 0.5) is 5.69 Å². The van der Waals surface area contributed by atoms with Gasteiger partial charge in [0, 0.05) is 36.2 Å². The first-order valence-corrected chi connectivity index (χ1v) is 24.2. The number of halogens is 1. The number of fused-ring (bicyclic) bond motifs is 3. The number of carbonyl (C=O) groups is 1. The van der Waals surface area contributed by atoms with Gasteiger partial charge in [-0.25, -0.2) is 13.1 Å². The van der Waals surface area contributed by atoms with E-state index in [1.54, 1.807) is 18.2 Å². The Morgan fingerprint density at radius 2 is 1.65 bits per heavy atom. The summed E-state index contributed by atoms with van der Waals surface area (Å²) in [5.41, 5.74) is 3.21. The van der Waals surface area contributed by atoms with E-state index in [4.69, 9.17) is 20.8 Å². The molecule has 1 saturated carbocycles. The lowest BCUT2D eigenvalue weighted by Crippen LogP contribution is -2.67. The smallest absolute Gasteiger partial charge is 0.264 e. The highest BCUT2D eigenvalue weighted by atomic mass is 35.5. The summed E-state index contributed by atoms with van der Waals surface area (Å²) in [7, 11) is -7.11. The van der Waals surface area contributed by atoms with Crippen LogP contribution in [0.3, 0.4) is 0 Å². The van der Waals surface area contributed by atoms with Gasteiger partial charge in [-0.15, -0.1) is 0 Å². The number of aliphatic hydroxyl groups excluding tert-OH is 1. The highest BCUT2D eigenvalue weighted by molar-refractivity contribution is 7.90. The van der Waals surface area contributed by atoms with Crippen molar-refractivity contribution in [3.05, 3.63) is 131 Å². The molecule has 302 valence electrons. The van der Waals surface area contributed by atoms with Crippen molar-refractivity contribution in [2.24, 2.45) is 17.8 Å². The average molecular weight is 828 g/mol. The number of sulfonamides is 1. The van der Waals surface area contributed by atoms with Gasteiger partial charge in [0.25, 0.3) is 14.2 Å². The number of hydrogen-bond donors (Lipinski definition) is 2. The molecule has 4 aromatic rings. The lowest BCUT2D eigenvalue weighted by molar-refractivity contribution is 0.0460. The SMILES string of the molecule is CC(C)(C)[Si](OC[C@H]1C/C=C/[C@@H](O)[C@@H]2CC[C@H]2CN2CCCCc3cc(Cl)ccc3COc3ccc(cc32)C(=O)NS(=O)(=O)C1)(c1ccccc1)c1ccccc1. The maximum Gasteiger partial charge on any atom is 0.264 e. The summed E-state index contributed by atoms with van der Waals surface area (Å²) < 4.78 is 44.0. The summed E-state index contributed by atoms with van der Waals surface area (Å²) >= 11 is 6.37. The summed E-state index contributed by atoms with van der Waals surface area (Å²) in [5.74, 6) is -0.593. The van der Waals surface area contributed by atoms with Crippen molar-refractivity contribution in [3.63, 3.8) is 0 Å². The van der Waals surface area contributed by atoms with Crippen LogP contribution >= 0.6 is 11.6 Å². The average Bonchev–Trinajstić information content (AvgIpc) is 3.19. The number of amides is 1. The van der Waals surface area contributed by atoms with Gasteiger partial charge in [0.1, 0.15) is 12.4 Å². The van der Waals surface area contributed by atoms with Crippen LogP contribution in [0.25, 0.3) is 0 Å². The van der Waals surface area contributed by atoms with Crippen molar-refractivity contribution in [2.75, 3.05) is 30.3 Å². The molecule has 2 aliphatic heterocycles. The molecule has 8 nitrogen and oxygen atoms in total. The Hall–Kier alpha value is -3.93.